The van der Waals surface area contributed by atoms with Crippen molar-refractivity contribution in [1.82, 2.24) is 9.21 Å². The minimum atomic E-state index is -3.47. The van der Waals surface area contributed by atoms with Gasteiger partial charge < -0.3 is 10.0 Å². The lowest BCUT2D eigenvalue weighted by Gasteiger charge is -2.21. The fourth-order valence-corrected chi connectivity index (χ4v) is 5.32. The van der Waals surface area contributed by atoms with Gasteiger partial charge in [-0.2, -0.15) is 4.31 Å². The number of carboxylic acids is 1. The first-order valence-corrected chi connectivity index (χ1v) is 9.56. The zero-order chi connectivity index (χ0) is 17.2. The predicted octanol–water partition coefficient (Wildman–Crippen LogP) is 1.01. The van der Waals surface area contributed by atoms with Gasteiger partial charge in [-0.1, -0.05) is 0 Å². The van der Waals surface area contributed by atoms with E-state index in [2.05, 4.69) is 0 Å². The number of thiophene rings is 1. The molecule has 1 aromatic heterocycles. The first kappa shape index (κ1) is 17.9. The van der Waals surface area contributed by atoms with E-state index >= 15 is 0 Å². The van der Waals surface area contributed by atoms with Gasteiger partial charge in [0.1, 0.15) is 10.3 Å². The lowest BCUT2D eigenvalue weighted by atomic mass is 10.2. The number of aliphatic carboxylic acids is 1. The molecule has 1 amide bonds. The van der Waals surface area contributed by atoms with E-state index in [4.69, 9.17) is 5.11 Å². The normalized spacial score (nSPS) is 17.1. The van der Waals surface area contributed by atoms with E-state index in [1.165, 1.54) is 24.3 Å². The molecule has 1 saturated heterocycles. The number of amides is 1. The van der Waals surface area contributed by atoms with Crippen LogP contribution in [0.15, 0.2) is 16.3 Å². The van der Waals surface area contributed by atoms with Gasteiger partial charge in [0.05, 0.1) is 6.42 Å². The lowest BCUT2D eigenvalue weighted by Crippen LogP contribution is -2.40. The maximum absolute atomic E-state index is 12.4. The smallest absolute Gasteiger partial charge is 0.326 e. The molecule has 7 nitrogen and oxygen atoms in total. The minimum absolute atomic E-state index is 0.00565. The summed E-state index contributed by atoms with van der Waals surface area (Å²) in [5, 5.41) is 8.92. The molecule has 9 heteroatoms. The van der Waals surface area contributed by atoms with Gasteiger partial charge in [-0.25, -0.2) is 13.2 Å². The Balaban J connectivity index is 2.08. The highest BCUT2D eigenvalue weighted by Gasteiger charge is 2.29. The molecule has 1 unspecified atom stereocenters. The van der Waals surface area contributed by atoms with Crippen molar-refractivity contribution in [1.29, 1.82) is 0 Å². The molecule has 2 rings (SSSR count). The molecule has 1 atom stereocenters. The van der Waals surface area contributed by atoms with Gasteiger partial charge in [-0.15, -0.1) is 11.3 Å². The van der Waals surface area contributed by atoms with Crippen molar-refractivity contribution in [2.24, 2.45) is 0 Å². The fraction of sp³-hybridized carbons (Fsp3) is 0.571. The Kier molecular flexibility index (Phi) is 5.43. The first-order chi connectivity index (χ1) is 10.7. The molecule has 2 heterocycles. The minimum Gasteiger partial charge on any atom is -0.480 e. The molecule has 0 saturated carbocycles. The Morgan fingerprint density at radius 3 is 2.52 bits per heavy atom. The molecule has 1 aliphatic heterocycles. The zero-order valence-electron chi connectivity index (χ0n) is 13.1. The van der Waals surface area contributed by atoms with E-state index in [0.717, 1.165) is 29.1 Å². The van der Waals surface area contributed by atoms with Crippen molar-refractivity contribution in [2.75, 3.05) is 20.1 Å². The molecule has 0 spiro atoms. The highest BCUT2D eigenvalue weighted by molar-refractivity contribution is 7.91. The Bertz CT molecular complexity index is 692. The number of carbonyl (C=O) groups excluding carboxylic acids is 1. The average Bonchev–Trinajstić information content (AvgIpc) is 3.17. The molecular weight excluding hydrogens is 340 g/mol. The Labute approximate surface area is 139 Å². The van der Waals surface area contributed by atoms with E-state index in [1.807, 2.05) is 0 Å². The van der Waals surface area contributed by atoms with Gasteiger partial charge in [-0.3, -0.25) is 4.79 Å². The third kappa shape index (κ3) is 3.91. The van der Waals surface area contributed by atoms with Crippen molar-refractivity contribution in [3.8, 4) is 0 Å². The number of nitrogens with zero attached hydrogens (tertiary/aromatic N) is 2. The Morgan fingerprint density at radius 2 is 1.96 bits per heavy atom. The van der Waals surface area contributed by atoms with Gasteiger partial charge in [0.25, 0.3) is 10.0 Å². The molecule has 1 N–H and O–H groups in total. The number of carboxylic acid groups (broad SMARTS) is 1. The van der Waals surface area contributed by atoms with E-state index in [-0.39, 0.29) is 16.5 Å². The fourth-order valence-electron chi connectivity index (χ4n) is 2.30. The summed E-state index contributed by atoms with van der Waals surface area (Å²) in [5.41, 5.74) is 0. The standard InChI is InChI=1S/C14H20N2O5S2/c1-10(14(18)19)15(2)12(17)9-11-5-6-13(22-11)23(20,21)16-7-3-4-8-16/h5-6,10H,3-4,7-9H2,1-2H3,(H,18,19). The maximum Gasteiger partial charge on any atom is 0.326 e. The molecule has 0 aromatic carbocycles. The molecule has 0 radical (unpaired) electrons. The molecule has 0 bridgehead atoms. The predicted molar refractivity (Wildman–Crippen MR) is 85.9 cm³/mol. The SMILES string of the molecule is CC(C(=O)O)N(C)C(=O)Cc1ccc(S(=O)(=O)N2CCCC2)s1. The average molecular weight is 360 g/mol. The molecule has 1 aromatic rings. The van der Waals surface area contributed by atoms with E-state index < -0.39 is 22.0 Å². The van der Waals surface area contributed by atoms with Gasteiger partial charge in [0.2, 0.25) is 5.91 Å². The van der Waals surface area contributed by atoms with Crippen LogP contribution in [0.4, 0.5) is 0 Å². The first-order valence-electron chi connectivity index (χ1n) is 7.31. The van der Waals surface area contributed by atoms with Crippen LogP contribution in [0.5, 0.6) is 0 Å². The van der Waals surface area contributed by atoms with Crippen LogP contribution in [0.2, 0.25) is 0 Å². The second-order valence-corrected chi connectivity index (χ2v) is 8.86. The zero-order valence-corrected chi connectivity index (χ0v) is 14.7. The molecule has 0 aliphatic carbocycles. The summed E-state index contributed by atoms with van der Waals surface area (Å²) in [6.45, 7) is 2.50. The highest BCUT2D eigenvalue weighted by atomic mass is 32.2. The summed E-state index contributed by atoms with van der Waals surface area (Å²) in [5.74, 6) is -1.43. The van der Waals surface area contributed by atoms with Gasteiger partial charge >= 0.3 is 5.97 Å². The van der Waals surface area contributed by atoms with Crippen LogP contribution in [-0.2, 0) is 26.0 Å². The monoisotopic (exact) mass is 360 g/mol. The van der Waals surface area contributed by atoms with E-state index in [0.29, 0.717) is 18.0 Å². The quantitative estimate of drug-likeness (QED) is 0.817. The summed E-state index contributed by atoms with van der Waals surface area (Å²) in [7, 11) is -2.04. The summed E-state index contributed by atoms with van der Waals surface area (Å²) >= 11 is 1.07. The molecular formula is C14H20N2O5S2. The molecule has 128 valence electrons. The van der Waals surface area contributed by atoms with E-state index in [9.17, 15) is 18.0 Å². The van der Waals surface area contributed by atoms with Crippen molar-refractivity contribution in [3.63, 3.8) is 0 Å². The van der Waals surface area contributed by atoms with Crippen molar-refractivity contribution in [2.45, 2.75) is 36.4 Å². The van der Waals surface area contributed by atoms with Gasteiger partial charge in [0, 0.05) is 25.0 Å². The van der Waals surface area contributed by atoms with Crippen molar-refractivity contribution in [3.05, 3.63) is 17.0 Å². The molecule has 23 heavy (non-hydrogen) atoms. The van der Waals surface area contributed by atoms with Crippen LogP contribution in [0, 0.1) is 0 Å². The number of hydrogen-bond donors (Lipinski definition) is 1. The Morgan fingerprint density at radius 1 is 1.35 bits per heavy atom. The second kappa shape index (κ2) is 6.98. The summed E-state index contributed by atoms with van der Waals surface area (Å²) < 4.78 is 26.6. The third-order valence-electron chi connectivity index (χ3n) is 3.95. The number of sulfonamides is 1. The highest BCUT2D eigenvalue weighted by Crippen LogP contribution is 2.27. The van der Waals surface area contributed by atoms with Crippen molar-refractivity contribution < 1.29 is 23.1 Å². The van der Waals surface area contributed by atoms with Crippen LogP contribution in [0.3, 0.4) is 0 Å². The molecule has 1 aliphatic rings. The summed E-state index contributed by atoms with van der Waals surface area (Å²) in [6.07, 6.45) is 1.73. The summed E-state index contributed by atoms with van der Waals surface area (Å²) in [6, 6.07) is 2.21. The number of rotatable bonds is 6. The maximum atomic E-state index is 12.4. The van der Waals surface area contributed by atoms with Crippen LogP contribution in [0.1, 0.15) is 24.6 Å². The Hall–Kier alpha value is -1.45. The van der Waals surface area contributed by atoms with Crippen LogP contribution >= 0.6 is 11.3 Å². The van der Waals surface area contributed by atoms with Crippen LogP contribution < -0.4 is 0 Å². The largest absolute Gasteiger partial charge is 0.480 e. The van der Waals surface area contributed by atoms with E-state index in [1.54, 1.807) is 6.07 Å². The number of carbonyl (C=O) groups is 2. The van der Waals surface area contributed by atoms with Gasteiger partial charge in [-0.05, 0) is 31.9 Å². The van der Waals surface area contributed by atoms with Crippen molar-refractivity contribution >= 4 is 33.2 Å². The lowest BCUT2D eigenvalue weighted by molar-refractivity contribution is -0.147. The second-order valence-electron chi connectivity index (χ2n) is 5.53. The molecule has 1 fully saturated rings. The third-order valence-corrected chi connectivity index (χ3v) is 7.40. The van der Waals surface area contributed by atoms with Crippen LogP contribution in [0.25, 0.3) is 0 Å². The number of likely N-dealkylation sites (N-methyl/N-ethyl adjacent to an activating group) is 1. The van der Waals surface area contributed by atoms with Gasteiger partial charge in [0.15, 0.2) is 0 Å². The summed E-state index contributed by atoms with van der Waals surface area (Å²) in [4.78, 5) is 24.7. The topological polar surface area (TPSA) is 95.0 Å². The van der Waals surface area contributed by atoms with Crippen LogP contribution in [-0.4, -0.2) is 60.8 Å². The number of hydrogen-bond acceptors (Lipinski definition) is 5.